The number of hydrogen-bond acceptors (Lipinski definition) is 3. The van der Waals surface area contributed by atoms with Crippen molar-refractivity contribution in [1.82, 2.24) is 4.90 Å². The Morgan fingerprint density at radius 1 is 1.50 bits per heavy atom. The van der Waals surface area contributed by atoms with Gasteiger partial charge in [0.1, 0.15) is 0 Å². The third-order valence-corrected chi connectivity index (χ3v) is 3.76. The smallest absolute Gasteiger partial charge is 0.0504 e. The molecule has 1 saturated heterocycles. The van der Waals surface area contributed by atoms with Crippen molar-refractivity contribution < 1.29 is 0 Å². The van der Waals surface area contributed by atoms with E-state index < -0.39 is 0 Å². The van der Waals surface area contributed by atoms with Gasteiger partial charge in [-0.25, -0.2) is 0 Å². The lowest BCUT2D eigenvalue weighted by molar-refractivity contribution is 0.230. The van der Waals surface area contributed by atoms with Crippen LogP contribution >= 0.6 is 11.3 Å². The summed E-state index contributed by atoms with van der Waals surface area (Å²) >= 11 is 1.76. The summed E-state index contributed by atoms with van der Waals surface area (Å²) in [5.41, 5.74) is 7.62. The average molecular weight is 210 g/mol. The Morgan fingerprint density at radius 3 is 3.07 bits per heavy atom. The first kappa shape index (κ1) is 10.1. The zero-order valence-electron chi connectivity index (χ0n) is 8.65. The Balaban J connectivity index is 2.20. The number of rotatable bonds is 1. The van der Waals surface area contributed by atoms with Crippen LogP contribution in [0.25, 0.3) is 0 Å². The lowest BCUT2D eigenvalue weighted by Crippen LogP contribution is -2.37. The van der Waals surface area contributed by atoms with Crippen molar-refractivity contribution in [2.45, 2.75) is 31.3 Å². The molecule has 1 aliphatic rings. The Morgan fingerprint density at radius 2 is 2.36 bits per heavy atom. The molecule has 2 rings (SSSR count). The van der Waals surface area contributed by atoms with Crippen molar-refractivity contribution >= 4 is 11.3 Å². The van der Waals surface area contributed by atoms with Gasteiger partial charge in [-0.2, -0.15) is 11.3 Å². The van der Waals surface area contributed by atoms with Gasteiger partial charge in [-0.05, 0) is 48.8 Å². The molecule has 0 bridgehead atoms. The van der Waals surface area contributed by atoms with Crippen molar-refractivity contribution in [3.8, 4) is 0 Å². The number of nitrogens with two attached hydrogens (primary N) is 1. The predicted octanol–water partition coefficient (Wildman–Crippen LogP) is 2.23. The molecule has 3 heteroatoms. The number of thiophene rings is 1. The normalized spacial score (nSPS) is 30.1. The molecule has 1 aliphatic heterocycles. The Kier molecular flexibility index (Phi) is 3.21. The molecule has 0 aliphatic carbocycles. The second-order valence-corrected chi connectivity index (χ2v) is 4.92. The standard InChI is InChI=1S/C11H18N2S/c1-13-6-3-2-4-10(12)11(13)9-5-7-14-8-9/h5,7-8,10-11H,2-4,6,12H2,1H3. The molecule has 1 fully saturated rings. The summed E-state index contributed by atoms with van der Waals surface area (Å²) in [4.78, 5) is 2.40. The summed E-state index contributed by atoms with van der Waals surface area (Å²) in [6.07, 6.45) is 3.71. The largest absolute Gasteiger partial charge is 0.326 e. The zero-order valence-corrected chi connectivity index (χ0v) is 9.46. The third kappa shape index (κ3) is 2.00. The molecule has 2 unspecified atom stereocenters. The SMILES string of the molecule is CN1CCCCC(N)C1c1ccsc1. The minimum absolute atomic E-state index is 0.303. The van der Waals surface area contributed by atoms with Crippen molar-refractivity contribution in [3.05, 3.63) is 22.4 Å². The third-order valence-electron chi connectivity index (χ3n) is 3.06. The second kappa shape index (κ2) is 4.43. The van der Waals surface area contributed by atoms with Crippen molar-refractivity contribution in [2.24, 2.45) is 5.73 Å². The van der Waals surface area contributed by atoms with Crippen molar-refractivity contribution in [2.75, 3.05) is 13.6 Å². The predicted molar refractivity (Wildman–Crippen MR) is 61.5 cm³/mol. The van der Waals surface area contributed by atoms with Gasteiger partial charge in [0.05, 0.1) is 6.04 Å². The second-order valence-electron chi connectivity index (χ2n) is 4.14. The Bertz CT molecular complexity index is 259. The molecule has 2 heterocycles. The summed E-state index contributed by atoms with van der Waals surface area (Å²) in [6, 6.07) is 2.94. The van der Waals surface area contributed by atoms with E-state index in [4.69, 9.17) is 5.73 Å². The Hall–Kier alpha value is -0.380. The zero-order chi connectivity index (χ0) is 9.97. The number of nitrogens with zero attached hydrogens (tertiary/aromatic N) is 1. The van der Waals surface area contributed by atoms with E-state index in [1.165, 1.54) is 24.9 Å². The van der Waals surface area contributed by atoms with E-state index in [2.05, 4.69) is 28.8 Å². The maximum Gasteiger partial charge on any atom is 0.0504 e. The van der Waals surface area contributed by atoms with Crippen LogP contribution in [-0.4, -0.2) is 24.5 Å². The average Bonchev–Trinajstić information content (AvgIpc) is 2.61. The van der Waals surface area contributed by atoms with Crippen LogP contribution in [-0.2, 0) is 0 Å². The van der Waals surface area contributed by atoms with Gasteiger partial charge in [0.15, 0.2) is 0 Å². The van der Waals surface area contributed by atoms with E-state index in [1.807, 2.05) is 0 Å². The number of likely N-dealkylation sites (N-methyl/N-ethyl adjacent to an activating group) is 1. The molecule has 2 nitrogen and oxygen atoms in total. The first-order valence-electron chi connectivity index (χ1n) is 5.27. The van der Waals surface area contributed by atoms with E-state index in [-0.39, 0.29) is 0 Å². The lowest BCUT2D eigenvalue weighted by atomic mass is 9.99. The van der Waals surface area contributed by atoms with Gasteiger partial charge >= 0.3 is 0 Å². The van der Waals surface area contributed by atoms with Crippen molar-refractivity contribution in [1.29, 1.82) is 0 Å². The van der Waals surface area contributed by atoms with E-state index in [0.717, 1.165) is 6.42 Å². The molecule has 1 aromatic rings. The minimum Gasteiger partial charge on any atom is -0.326 e. The minimum atomic E-state index is 0.303. The molecule has 0 saturated carbocycles. The molecule has 1 aromatic heterocycles. The molecular formula is C11H18N2S. The number of hydrogen-bond donors (Lipinski definition) is 1. The van der Waals surface area contributed by atoms with Gasteiger partial charge in [0.25, 0.3) is 0 Å². The van der Waals surface area contributed by atoms with Crippen LogP contribution in [0.5, 0.6) is 0 Å². The van der Waals surface area contributed by atoms with Crippen LogP contribution in [0.3, 0.4) is 0 Å². The van der Waals surface area contributed by atoms with Crippen LogP contribution in [0.1, 0.15) is 30.9 Å². The van der Waals surface area contributed by atoms with Crippen LogP contribution in [0.15, 0.2) is 16.8 Å². The fourth-order valence-corrected chi connectivity index (χ4v) is 3.00. The maximum absolute atomic E-state index is 6.22. The van der Waals surface area contributed by atoms with Gasteiger partial charge < -0.3 is 5.73 Å². The van der Waals surface area contributed by atoms with E-state index in [9.17, 15) is 0 Å². The molecule has 2 atom stereocenters. The molecule has 0 spiro atoms. The first-order chi connectivity index (χ1) is 6.79. The van der Waals surface area contributed by atoms with Gasteiger partial charge in [-0.1, -0.05) is 6.42 Å². The monoisotopic (exact) mass is 210 g/mol. The van der Waals surface area contributed by atoms with Gasteiger partial charge in [0.2, 0.25) is 0 Å². The highest BCUT2D eigenvalue weighted by Gasteiger charge is 2.26. The highest BCUT2D eigenvalue weighted by Crippen LogP contribution is 2.29. The summed E-state index contributed by atoms with van der Waals surface area (Å²) in [5, 5.41) is 4.37. The van der Waals surface area contributed by atoms with Gasteiger partial charge in [0, 0.05) is 6.04 Å². The molecule has 0 amide bonds. The number of likely N-dealkylation sites (tertiary alicyclic amines) is 1. The molecule has 78 valence electrons. The molecular weight excluding hydrogens is 192 g/mol. The quantitative estimate of drug-likeness (QED) is 0.770. The van der Waals surface area contributed by atoms with Crippen LogP contribution < -0.4 is 5.73 Å². The summed E-state index contributed by atoms with van der Waals surface area (Å²) in [5.74, 6) is 0. The fraction of sp³-hybridized carbons (Fsp3) is 0.636. The van der Waals surface area contributed by atoms with E-state index in [1.54, 1.807) is 11.3 Å². The van der Waals surface area contributed by atoms with Crippen LogP contribution in [0, 0.1) is 0 Å². The molecule has 14 heavy (non-hydrogen) atoms. The Labute approximate surface area is 89.7 Å². The van der Waals surface area contributed by atoms with Crippen LogP contribution in [0.2, 0.25) is 0 Å². The van der Waals surface area contributed by atoms with E-state index >= 15 is 0 Å². The summed E-state index contributed by atoms with van der Waals surface area (Å²) in [6.45, 7) is 1.17. The van der Waals surface area contributed by atoms with Crippen molar-refractivity contribution in [3.63, 3.8) is 0 Å². The fourth-order valence-electron chi connectivity index (χ4n) is 2.31. The highest BCUT2D eigenvalue weighted by atomic mass is 32.1. The topological polar surface area (TPSA) is 29.3 Å². The highest BCUT2D eigenvalue weighted by molar-refractivity contribution is 7.07. The van der Waals surface area contributed by atoms with Gasteiger partial charge in [-0.3, -0.25) is 4.90 Å². The van der Waals surface area contributed by atoms with Gasteiger partial charge in [-0.15, -0.1) is 0 Å². The van der Waals surface area contributed by atoms with E-state index in [0.29, 0.717) is 12.1 Å². The molecule has 0 aromatic carbocycles. The molecule has 0 radical (unpaired) electrons. The first-order valence-corrected chi connectivity index (χ1v) is 6.21. The summed E-state index contributed by atoms with van der Waals surface area (Å²) in [7, 11) is 2.19. The lowest BCUT2D eigenvalue weighted by Gasteiger charge is -2.29. The van der Waals surface area contributed by atoms with Crippen LogP contribution in [0.4, 0.5) is 0 Å². The summed E-state index contributed by atoms with van der Waals surface area (Å²) < 4.78 is 0. The maximum atomic E-state index is 6.22. The molecule has 2 N–H and O–H groups in total.